The van der Waals surface area contributed by atoms with Crippen LogP contribution in [0.1, 0.15) is 39.0 Å². The molecule has 0 atom stereocenters. The van der Waals surface area contributed by atoms with Gasteiger partial charge in [-0.3, -0.25) is 9.20 Å². The minimum atomic E-state index is -0.0524. The molecular formula is C21H23N5OS2. The van der Waals surface area contributed by atoms with Gasteiger partial charge in [-0.25, -0.2) is 4.98 Å². The van der Waals surface area contributed by atoms with Crippen LogP contribution in [0.4, 0.5) is 0 Å². The summed E-state index contributed by atoms with van der Waals surface area (Å²) < 4.78 is 3.67. The summed E-state index contributed by atoms with van der Waals surface area (Å²) in [6.07, 6.45) is 1.75. The molecule has 4 aromatic rings. The number of thiazole rings is 1. The fraction of sp³-hybridized carbons (Fsp3) is 0.333. The first-order valence-corrected chi connectivity index (χ1v) is 11.4. The average Bonchev–Trinajstić information content (AvgIpc) is 3.32. The van der Waals surface area contributed by atoms with Crippen molar-refractivity contribution < 1.29 is 0 Å². The van der Waals surface area contributed by atoms with Gasteiger partial charge in [0.2, 0.25) is 0 Å². The summed E-state index contributed by atoms with van der Waals surface area (Å²) in [6, 6.07) is 10.1. The quantitative estimate of drug-likeness (QED) is 0.436. The Hall–Kier alpha value is -2.45. The standard InChI is InChI=1S/C21H23N5OS2/c1-5-25-18(14-6-8-15(9-7-14)21(2,3)4)23-24-20(25)29-13-16-12-17(27)26-10-11-28-19(26)22-16/h6-12H,5,13H2,1-4H3. The zero-order chi connectivity index (χ0) is 20.6. The molecule has 0 fully saturated rings. The molecule has 6 nitrogen and oxygen atoms in total. The Morgan fingerprint density at radius 2 is 1.90 bits per heavy atom. The molecule has 150 valence electrons. The summed E-state index contributed by atoms with van der Waals surface area (Å²) in [5, 5.41) is 11.5. The Labute approximate surface area is 177 Å². The van der Waals surface area contributed by atoms with Gasteiger partial charge >= 0.3 is 0 Å². The molecule has 3 aromatic heterocycles. The Bertz CT molecular complexity index is 1200. The number of hydrogen-bond acceptors (Lipinski definition) is 6. The van der Waals surface area contributed by atoms with Gasteiger partial charge in [0.05, 0.1) is 5.69 Å². The molecule has 3 heterocycles. The molecule has 29 heavy (non-hydrogen) atoms. The van der Waals surface area contributed by atoms with Crippen LogP contribution in [0.25, 0.3) is 16.3 Å². The number of fused-ring (bicyclic) bond motifs is 1. The molecule has 8 heteroatoms. The van der Waals surface area contributed by atoms with E-state index in [1.165, 1.54) is 16.9 Å². The summed E-state index contributed by atoms with van der Waals surface area (Å²) in [5.74, 6) is 1.43. The minimum Gasteiger partial charge on any atom is -0.302 e. The fourth-order valence-electron chi connectivity index (χ4n) is 3.11. The highest BCUT2D eigenvalue weighted by Crippen LogP contribution is 2.28. The Morgan fingerprint density at radius 3 is 2.59 bits per heavy atom. The van der Waals surface area contributed by atoms with Crippen LogP contribution in [0.3, 0.4) is 0 Å². The van der Waals surface area contributed by atoms with E-state index in [0.717, 1.165) is 28.8 Å². The Kier molecular flexibility index (Phi) is 5.31. The van der Waals surface area contributed by atoms with Crippen molar-refractivity contribution in [3.63, 3.8) is 0 Å². The number of benzene rings is 1. The van der Waals surface area contributed by atoms with Crippen molar-refractivity contribution in [1.82, 2.24) is 24.1 Å². The van der Waals surface area contributed by atoms with Crippen LogP contribution in [0.15, 0.2) is 51.9 Å². The van der Waals surface area contributed by atoms with E-state index >= 15 is 0 Å². The van der Waals surface area contributed by atoms with Crippen molar-refractivity contribution in [2.24, 2.45) is 0 Å². The minimum absolute atomic E-state index is 0.0524. The molecule has 0 radical (unpaired) electrons. The highest BCUT2D eigenvalue weighted by atomic mass is 32.2. The van der Waals surface area contributed by atoms with Gasteiger partial charge in [-0.2, -0.15) is 0 Å². The molecule has 0 saturated carbocycles. The maximum Gasteiger partial charge on any atom is 0.258 e. The molecule has 0 N–H and O–H groups in total. The third-order valence-corrected chi connectivity index (χ3v) is 6.50. The summed E-state index contributed by atoms with van der Waals surface area (Å²) in [7, 11) is 0. The Balaban J connectivity index is 1.57. The maximum atomic E-state index is 12.2. The third kappa shape index (κ3) is 4.00. The number of thioether (sulfide) groups is 1. The SMILES string of the molecule is CCn1c(SCc2cc(=O)n3ccsc3n2)nnc1-c1ccc(C(C)(C)C)cc1. The first-order chi connectivity index (χ1) is 13.9. The molecule has 0 aliphatic heterocycles. The van der Waals surface area contributed by atoms with E-state index in [2.05, 4.69) is 71.7 Å². The van der Waals surface area contributed by atoms with Crippen LogP contribution < -0.4 is 5.56 Å². The maximum absolute atomic E-state index is 12.2. The normalized spacial score (nSPS) is 12.0. The highest BCUT2D eigenvalue weighted by molar-refractivity contribution is 7.98. The van der Waals surface area contributed by atoms with Crippen LogP contribution >= 0.6 is 23.1 Å². The number of aromatic nitrogens is 5. The number of nitrogens with zero attached hydrogens (tertiary/aromatic N) is 5. The molecule has 0 amide bonds. The zero-order valence-electron chi connectivity index (χ0n) is 16.9. The predicted octanol–water partition coefficient (Wildman–Crippen LogP) is 4.62. The van der Waals surface area contributed by atoms with E-state index in [1.54, 1.807) is 28.4 Å². The summed E-state index contributed by atoms with van der Waals surface area (Å²) in [5.41, 5.74) is 3.16. The molecule has 0 bridgehead atoms. The van der Waals surface area contributed by atoms with Crippen LogP contribution in [-0.2, 0) is 17.7 Å². The molecule has 0 aliphatic rings. The van der Waals surface area contributed by atoms with Crippen molar-refractivity contribution >= 4 is 28.1 Å². The number of rotatable bonds is 5. The lowest BCUT2D eigenvalue weighted by Gasteiger charge is -2.19. The van der Waals surface area contributed by atoms with Crippen LogP contribution in [0, 0.1) is 0 Å². The second kappa shape index (κ2) is 7.76. The molecule has 1 aromatic carbocycles. The molecule has 0 saturated heterocycles. The lowest BCUT2D eigenvalue weighted by atomic mass is 9.87. The Morgan fingerprint density at radius 1 is 1.14 bits per heavy atom. The van der Waals surface area contributed by atoms with Gasteiger partial charge in [-0.15, -0.1) is 21.5 Å². The van der Waals surface area contributed by atoms with E-state index in [0.29, 0.717) is 10.7 Å². The first kappa shape index (κ1) is 19.8. The number of hydrogen-bond donors (Lipinski definition) is 0. The van der Waals surface area contributed by atoms with Crippen LogP contribution in [0.2, 0.25) is 0 Å². The second-order valence-electron chi connectivity index (χ2n) is 7.81. The van der Waals surface area contributed by atoms with Gasteiger partial charge in [0, 0.05) is 35.5 Å². The topological polar surface area (TPSA) is 65.1 Å². The van der Waals surface area contributed by atoms with Crippen LogP contribution in [0.5, 0.6) is 0 Å². The van der Waals surface area contributed by atoms with E-state index in [-0.39, 0.29) is 11.0 Å². The molecule has 0 aliphatic carbocycles. The van der Waals surface area contributed by atoms with Crippen molar-refractivity contribution in [3.8, 4) is 11.4 Å². The summed E-state index contributed by atoms with van der Waals surface area (Å²) >= 11 is 3.01. The van der Waals surface area contributed by atoms with E-state index in [9.17, 15) is 4.79 Å². The lowest BCUT2D eigenvalue weighted by molar-refractivity contribution is 0.590. The third-order valence-electron chi connectivity index (χ3n) is 4.75. The average molecular weight is 426 g/mol. The first-order valence-electron chi connectivity index (χ1n) is 9.49. The van der Waals surface area contributed by atoms with Gasteiger partial charge < -0.3 is 4.57 Å². The summed E-state index contributed by atoms with van der Waals surface area (Å²) in [4.78, 5) is 17.4. The summed E-state index contributed by atoms with van der Waals surface area (Å²) in [6.45, 7) is 9.48. The second-order valence-corrected chi connectivity index (χ2v) is 9.62. The van der Waals surface area contributed by atoms with Gasteiger partial charge in [0.1, 0.15) is 0 Å². The van der Waals surface area contributed by atoms with Crippen molar-refractivity contribution in [1.29, 1.82) is 0 Å². The predicted molar refractivity (Wildman–Crippen MR) is 119 cm³/mol. The monoisotopic (exact) mass is 425 g/mol. The lowest BCUT2D eigenvalue weighted by Crippen LogP contribution is -2.12. The highest BCUT2D eigenvalue weighted by Gasteiger charge is 2.17. The van der Waals surface area contributed by atoms with E-state index in [4.69, 9.17) is 0 Å². The van der Waals surface area contributed by atoms with Gasteiger partial charge in [-0.1, -0.05) is 56.8 Å². The molecule has 0 spiro atoms. The smallest absolute Gasteiger partial charge is 0.258 e. The largest absolute Gasteiger partial charge is 0.302 e. The molecule has 0 unspecified atom stereocenters. The van der Waals surface area contributed by atoms with Crippen LogP contribution in [-0.4, -0.2) is 24.1 Å². The van der Waals surface area contributed by atoms with E-state index in [1.807, 2.05) is 5.38 Å². The van der Waals surface area contributed by atoms with Crippen molar-refractivity contribution in [2.45, 2.75) is 50.6 Å². The van der Waals surface area contributed by atoms with Crippen molar-refractivity contribution in [2.75, 3.05) is 0 Å². The molecule has 4 rings (SSSR count). The zero-order valence-corrected chi connectivity index (χ0v) is 18.5. The van der Waals surface area contributed by atoms with Gasteiger partial charge in [-0.05, 0) is 17.9 Å². The van der Waals surface area contributed by atoms with Gasteiger partial charge in [0.15, 0.2) is 15.9 Å². The molecular weight excluding hydrogens is 402 g/mol. The van der Waals surface area contributed by atoms with Gasteiger partial charge in [0.25, 0.3) is 5.56 Å². The van der Waals surface area contributed by atoms with Crippen molar-refractivity contribution in [3.05, 3.63) is 63.5 Å². The fourth-order valence-corrected chi connectivity index (χ4v) is 4.75. The van der Waals surface area contributed by atoms with E-state index < -0.39 is 0 Å².